The summed E-state index contributed by atoms with van der Waals surface area (Å²) >= 11 is 6.24. The molecule has 3 aromatic heterocycles. The highest BCUT2D eigenvalue weighted by atomic mass is 35.5. The van der Waals surface area contributed by atoms with Gasteiger partial charge in [0.05, 0.1) is 19.3 Å². The molecule has 0 aliphatic rings. The van der Waals surface area contributed by atoms with Crippen LogP contribution in [0, 0.1) is 6.92 Å². The molecule has 3 heterocycles. The van der Waals surface area contributed by atoms with Crippen LogP contribution in [0.3, 0.4) is 0 Å². The van der Waals surface area contributed by atoms with Crippen LogP contribution in [0.25, 0.3) is 22.2 Å². The van der Waals surface area contributed by atoms with E-state index >= 15 is 0 Å². The van der Waals surface area contributed by atoms with Crippen LogP contribution in [0.1, 0.15) is 11.3 Å². The second-order valence-corrected chi connectivity index (χ2v) is 8.47. The summed E-state index contributed by atoms with van der Waals surface area (Å²) < 4.78 is 8.61. The third-order valence-corrected chi connectivity index (χ3v) is 6.07. The molecule has 9 heteroatoms. The van der Waals surface area contributed by atoms with Gasteiger partial charge in [0.15, 0.2) is 11.5 Å². The SMILES string of the molecule is COc1ccc(-c2ccnc3c2c(C)nn3CC(=O)Nc2ccn(Cc3ccccc3Cl)n2)cc1. The Balaban J connectivity index is 1.33. The molecule has 176 valence electrons. The topological polar surface area (TPSA) is 86.9 Å². The van der Waals surface area contributed by atoms with Gasteiger partial charge in [-0.1, -0.05) is 41.9 Å². The van der Waals surface area contributed by atoms with E-state index in [0.717, 1.165) is 33.5 Å². The number of carbonyl (C=O) groups excluding carboxylic acids is 1. The smallest absolute Gasteiger partial charge is 0.247 e. The Morgan fingerprint density at radius 1 is 1.06 bits per heavy atom. The minimum absolute atomic E-state index is 0.0147. The summed E-state index contributed by atoms with van der Waals surface area (Å²) in [5, 5.41) is 13.5. The van der Waals surface area contributed by atoms with Gasteiger partial charge in [0.1, 0.15) is 12.3 Å². The maximum atomic E-state index is 12.8. The van der Waals surface area contributed by atoms with Crippen molar-refractivity contribution in [1.29, 1.82) is 0 Å². The van der Waals surface area contributed by atoms with Crippen LogP contribution in [0.4, 0.5) is 5.82 Å². The van der Waals surface area contributed by atoms with Crippen LogP contribution in [0.5, 0.6) is 5.75 Å². The van der Waals surface area contributed by atoms with Crippen LogP contribution in [0.2, 0.25) is 5.02 Å². The molecule has 5 aromatic rings. The molecule has 0 bridgehead atoms. The predicted molar refractivity (Wildman–Crippen MR) is 136 cm³/mol. The molecular weight excluding hydrogens is 464 g/mol. The molecule has 0 unspecified atom stereocenters. The van der Waals surface area contributed by atoms with Crippen LogP contribution in [-0.4, -0.2) is 37.6 Å². The number of hydrogen-bond acceptors (Lipinski definition) is 5. The van der Waals surface area contributed by atoms with Crippen molar-refractivity contribution in [1.82, 2.24) is 24.5 Å². The maximum Gasteiger partial charge on any atom is 0.247 e. The first-order valence-corrected chi connectivity index (χ1v) is 11.4. The van der Waals surface area contributed by atoms with E-state index in [2.05, 4.69) is 20.5 Å². The molecule has 0 saturated heterocycles. The van der Waals surface area contributed by atoms with Gasteiger partial charge in [0, 0.05) is 28.9 Å². The molecule has 0 fully saturated rings. The molecule has 2 aromatic carbocycles. The number of carbonyl (C=O) groups is 1. The Hall–Kier alpha value is -4.17. The number of rotatable bonds is 7. The Bertz CT molecular complexity index is 1510. The van der Waals surface area contributed by atoms with Crippen LogP contribution < -0.4 is 10.1 Å². The molecule has 1 N–H and O–H groups in total. The molecule has 8 nitrogen and oxygen atoms in total. The lowest BCUT2D eigenvalue weighted by Gasteiger charge is -2.07. The van der Waals surface area contributed by atoms with E-state index in [-0.39, 0.29) is 12.5 Å². The van der Waals surface area contributed by atoms with Crippen molar-refractivity contribution in [3.63, 3.8) is 0 Å². The summed E-state index contributed by atoms with van der Waals surface area (Å²) in [6, 6.07) is 19.1. The van der Waals surface area contributed by atoms with E-state index < -0.39 is 0 Å². The van der Waals surface area contributed by atoms with Crippen LogP contribution in [-0.2, 0) is 17.9 Å². The zero-order chi connectivity index (χ0) is 24.4. The van der Waals surface area contributed by atoms with E-state index in [0.29, 0.717) is 23.0 Å². The summed E-state index contributed by atoms with van der Waals surface area (Å²) in [6.45, 7) is 2.44. The van der Waals surface area contributed by atoms with E-state index in [9.17, 15) is 4.79 Å². The van der Waals surface area contributed by atoms with Gasteiger partial charge in [-0.25, -0.2) is 9.67 Å². The minimum Gasteiger partial charge on any atom is -0.497 e. The number of nitrogens with one attached hydrogen (secondary N) is 1. The highest BCUT2D eigenvalue weighted by molar-refractivity contribution is 6.31. The highest BCUT2D eigenvalue weighted by Gasteiger charge is 2.16. The lowest BCUT2D eigenvalue weighted by atomic mass is 10.0. The standard InChI is InChI=1S/C26H23ClN6O2/c1-17-25-21(18-7-9-20(35-2)10-8-18)11-13-28-26(25)33(30-17)16-24(34)29-23-12-14-32(31-23)15-19-5-3-4-6-22(19)27/h3-14H,15-16H2,1-2H3,(H,29,31,34). The number of aryl methyl sites for hydroxylation is 1. The number of pyridine rings is 1. The van der Waals surface area contributed by atoms with Crippen molar-refractivity contribution in [2.45, 2.75) is 20.0 Å². The number of aromatic nitrogens is 5. The van der Waals surface area contributed by atoms with Gasteiger partial charge in [-0.05, 0) is 47.9 Å². The van der Waals surface area contributed by atoms with Gasteiger partial charge in [-0.15, -0.1) is 0 Å². The zero-order valence-electron chi connectivity index (χ0n) is 19.3. The zero-order valence-corrected chi connectivity index (χ0v) is 20.0. The fourth-order valence-electron chi connectivity index (χ4n) is 4.04. The average Bonchev–Trinajstić information content (AvgIpc) is 3.44. The summed E-state index contributed by atoms with van der Waals surface area (Å²) in [5.41, 5.74) is 4.42. The number of methoxy groups -OCH3 is 1. The largest absolute Gasteiger partial charge is 0.497 e. The van der Waals surface area contributed by atoms with Gasteiger partial charge >= 0.3 is 0 Å². The maximum absolute atomic E-state index is 12.8. The number of benzene rings is 2. The number of ether oxygens (including phenoxy) is 1. The highest BCUT2D eigenvalue weighted by Crippen LogP contribution is 2.31. The summed E-state index contributed by atoms with van der Waals surface area (Å²) in [5.74, 6) is 1.01. The molecule has 0 atom stereocenters. The van der Waals surface area contributed by atoms with Crippen molar-refractivity contribution >= 4 is 34.4 Å². The van der Waals surface area contributed by atoms with Gasteiger partial charge in [-0.3, -0.25) is 9.48 Å². The van der Waals surface area contributed by atoms with E-state index in [4.69, 9.17) is 16.3 Å². The fraction of sp³-hybridized carbons (Fsp3) is 0.154. The summed E-state index contributed by atoms with van der Waals surface area (Å²) in [6.07, 6.45) is 3.53. The van der Waals surface area contributed by atoms with Crippen molar-refractivity contribution in [2.24, 2.45) is 0 Å². The normalized spacial score (nSPS) is 11.1. The Labute approximate surface area is 207 Å². The Kier molecular flexibility index (Phi) is 6.20. The average molecular weight is 487 g/mol. The van der Waals surface area contributed by atoms with E-state index in [1.807, 2.05) is 61.5 Å². The molecular formula is C26H23ClN6O2. The monoisotopic (exact) mass is 486 g/mol. The van der Waals surface area contributed by atoms with Gasteiger partial charge in [0.25, 0.3) is 0 Å². The Morgan fingerprint density at radius 3 is 2.63 bits per heavy atom. The first kappa shape index (κ1) is 22.6. The molecule has 0 saturated carbocycles. The number of nitrogens with zero attached hydrogens (tertiary/aromatic N) is 5. The van der Waals surface area contributed by atoms with E-state index in [1.165, 1.54) is 0 Å². The van der Waals surface area contributed by atoms with Crippen LogP contribution in [0.15, 0.2) is 73.1 Å². The second kappa shape index (κ2) is 9.60. The number of amides is 1. The number of hydrogen-bond donors (Lipinski definition) is 1. The van der Waals surface area contributed by atoms with Crippen LogP contribution >= 0.6 is 11.6 Å². The number of halogens is 1. The van der Waals surface area contributed by atoms with Crippen molar-refractivity contribution in [3.05, 3.63) is 89.3 Å². The van der Waals surface area contributed by atoms with Crippen molar-refractivity contribution in [3.8, 4) is 16.9 Å². The van der Waals surface area contributed by atoms with Crippen molar-refractivity contribution in [2.75, 3.05) is 12.4 Å². The first-order chi connectivity index (χ1) is 17.0. The second-order valence-electron chi connectivity index (χ2n) is 8.07. The van der Waals surface area contributed by atoms with Gasteiger partial charge < -0.3 is 10.1 Å². The van der Waals surface area contributed by atoms with Gasteiger partial charge in [0.2, 0.25) is 5.91 Å². The Morgan fingerprint density at radius 2 is 1.86 bits per heavy atom. The molecule has 0 aliphatic carbocycles. The first-order valence-electron chi connectivity index (χ1n) is 11.0. The quantitative estimate of drug-likeness (QED) is 0.351. The summed E-state index contributed by atoms with van der Waals surface area (Å²) in [7, 11) is 1.64. The fourth-order valence-corrected chi connectivity index (χ4v) is 4.23. The number of fused-ring (bicyclic) bond motifs is 1. The molecule has 35 heavy (non-hydrogen) atoms. The molecule has 0 radical (unpaired) electrons. The molecule has 0 aliphatic heterocycles. The summed E-state index contributed by atoms with van der Waals surface area (Å²) in [4.78, 5) is 17.3. The molecule has 0 spiro atoms. The van der Waals surface area contributed by atoms with Gasteiger partial charge in [-0.2, -0.15) is 10.2 Å². The third-order valence-electron chi connectivity index (χ3n) is 5.70. The minimum atomic E-state index is -0.242. The predicted octanol–water partition coefficient (Wildman–Crippen LogP) is 4.95. The van der Waals surface area contributed by atoms with Crippen molar-refractivity contribution < 1.29 is 9.53 Å². The molecule has 1 amide bonds. The lowest BCUT2D eigenvalue weighted by Crippen LogP contribution is -2.20. The molecule has 5 rings (SSSR count). The number of anilines is 1. The van der Waals surface area contributed by atoms with E-state index in [1.54, 1.807) is 34.9 Å². The lowest BCUT2D eigenvalue weighted by molar-refractivity contribution is -0.116. The third kappa shape index (κ3) is 4.74.